The molecule has 0 fully saturated rings. The Hall–Kier alpha value is -2.52. The first-order valence-corrected chi connectivity index (χ1v) is 7.65. The highest BCUT2D eigenvalue weighted by Crippen LogP contribution is 2.22. The summed E-state index contributed by atoms with van der Waals surface area (Å²) in [5.74, 6) is 0.456. The molecule has 0 spiro atoms. The Bertz CT molecular complexity index is 847. The molecule has 0 saturated carbocycles. The Balaban J connectivity index is 1.70. The third-order valence-corrected chi connectivity index (χ3v) is 3.89. The van der Waals surface area contributed by atoms with Gasteiger partial charge in [-0.1, -0.05) is 48.0 Å². The van der Waals surface area contributed by atoms with E-state index >= 15 is 0 Å². The molecular weight excluding hydrogens is 310 g/mol. The number of halogens is 1. The lowest BCUT2D eigenvalue weighted by atomic mass is 10.1. The molecule has 23 heavy (non-hydrogen) atoms. The molecule has 0 atom stereocenters. The molecule has 0 aromatic heterocycles. The van der Waals surface area contributed by atoms with Crippen molar-refractivity contribution in [2.24, 2.45) is 0 Å². The molecule has 0 aliphatic rings. The summed E-state index contributed by atoms with van der Waals surface area (Å²) < 4.78 is 5.50. The van der Waals surface area contributed by atoms with E-state index in [1.54, 1.807) is 36.2 Å². The number of hydrogen-bond donors (Lipinski definition) is 0. The van der Waals surface area contributed by atoms with Crippen molar-refractivity contribution in [3.63, 3.8) is 0 Å². The van der Waals surface area contributed by atoms with Crippen LogP contribution in [0.15, 0.2) is 66.7 Å². The zero-order chi connectivity index (χ0) is 16.2. The molecule has 0 saturated heterocycles. The van der Waals surface area contributed by atoms with Gasteiger partial charge in [-0.25, -0.2) is 0 Å². The Morgan fingerprint density at radius 3 is 2.57 bits per heavy atom. The van der Waals surface area contributed by atoms with Gasteiger partial charge in [-0.2, -0.15) is 0 Å². The van der Waals surface area contributed by atoms with Crippen molar-refractivity contribution < 1.29 is 9.53 Å². The van der Waals surface area contributed by atoms with Crippen molar-refractivity contribution in [1.29, 1.82) is 0 Å². The molecule has 0 radical (unpaired) electrons. The number of carbonyl (C=O) groups is 1. The number of hydrogen-bond acceptors (Lipinski definition) is 2. The molecule has 4 heteroatoms. The molecule has 116 valence electrons. The van der Waals surface area contributed by atoms with Crippen molar-refractivity contribution in [2.45, 2.75) is 0 Å². The molecular formula is C19H16ClNO2. The molecule has 0 aliphatic carbocycles. The van der Waals surface area contributed by atoms with Crippen molar-refractivity contribution in [2.75, 3.05) is 18.6 Å². The maximum absolute atomic E-state index is 12.3. The average molecular weight is 326 g/mol. The van der Waals surface area contributed by atoms with E-state index in [9.17, 15) is 4.79 Å². The standard InChI is InChI=1S/C19H16ClNO2/c1-21(17-10-9-14-5-2-3-6-15(14)11-17)19(22)13-23-18-8-4-7-16(20)12-18/h2-12H,13H2,1H3. The summed E-state index contributed by atoms with van der Waals surface area (Å²) in [6.45, 7) is -0.0380. The Labute approximate surface area is 140 Å². The maximum Gasteiger partial charge on any atom is 0.264 e. The molecule has 3 rings (SSSR count). The zero-order valence-corrected chi connectivity index (χ0v) is 13.5. The zero-order valence-electron chi connectivity index (χ0n) is 12.7. The van der Waals surface area contributed by atoms with Gasteiger partial charge in [0.2, 0.25) is 0 Å². The molecule has 0 N–H and O–H groups in total. The summed E-state index contributed by atoms with van der Waals surface area (Å²) in [7, 11) is 1.74. The van der Waals surface area contributed by atoms with E-state index in [0.29, 0.717) is 10.8 Å². The fourth-order valence-corrected chi connectivity index (χ4v) is 2.51. The van der Waals surface area contributed by atoms with Crippen LogP contribution in [0.2, 0.25) is 5.02 Å². The Morgan fingerprint density at radius 1 is 1.00 bits per heavy atom. The van der Waals surface area contributed by atoms with E-state index in [2.05, 4.69) is 0 Å². The number of rotatable bonds is 4. The number of benzene rings is 3. The first-order valence-electron chi connectivity index (χ1n) is 7.27. The minimum absolute atomic E-state index is 0.0380. The van der Waals surface area contributed by atoms with Crippen molar-refractivity contribution in [3.8, 4) is 5.75 Å². The second-order valence-corrected chi connectivity index (χ2v) is 5.67. The van der Waals surface area contributed by atoms with E-state index in [0.717, 1.165) is 16.5 Å². The van der Waals surface area contributed by atoms with Gasteiger partial charge in [-0.3, -0.25) is 4.79 Å². The molecule has 0 bridgehead atoms. The summed E-state index contributed by atoms with van der Waals surface area (Å²) in [6.07, 6.45) is 0. The number of amides is 1. The van der Waals surface area contributed by atoms with Gasteiger partial charge in [0, 0.05) is 17.8 Å². The number of nitrogens with zero attached hydrogens (tertiary/aromatic N) is 1. The number of likely N-dealkylation sites (N-methyl/N-ethyl adjacent to an activating group) is 1. The Kier molecular flexibility index (Phi) is 4.49. The fourth-order valence-electron chi connectivity index (χ4n) is 2.33. The van der Waals surface area contributed by atoms with Crippen molar-refractivity contribution in [3.05, 3.63) is 71.8 Å². The van der Waals surface area contributed by atoms with Crippen LogP contribution >= 0.6 is 11.6 Å². The normalized spacial score (nSPS) is 10.5. The third kappa shape index (κ3) is 3.63. The Morgan fingerprint density at radius 2 is 1.78 bits per heavy atom. The van der Waals surface area contributed by atoms with Gasteiger partial charge in [0.05, 0.1) is 0 Å². The van der Waals surface area contributed by atoms with Crippen LogP contribution in [-0.2, 0) is 4.79 Å². The summed E-state index contributed by atoms with van der Waals surface area (Å²) in [5, 5.41) is 2.82. The lowest BCUT2D eigenvalue weighted by Gasteiger charge is -2.18. The maximum atomic E-state index is 12.3. The first kappa shape index (κ1) is 15.4. The monoisotopic (exact) mass is 325 g/mol. The smallest absolute Gasteiger partial charge is 0.264 e. The van der Waals surface area contributed by atoms with Gasteiger partial charge < -0.3 is 9.64 Å². The third-order valence-electron chi connectivity index (χ3n) is 3.65. The van der Waals surface area contributed by atoms with Gasteiger partial charge in [-0.05, 0) is 41.1 Å². The highest BCUT2D eigenvalue weighted by molar-refractivity contribution is 6.30. The van der Waals surface area contributed by atoms with Gasteiger partial charge in [0.15, 0.2) is 6.61 Å². The fraction of sp³-hybridized carbons (Fsp3) is 0.105. The van der Waals surface area contributed by atoms with Crippen LogP contribution in [0.4, 0.5) is 5.69 Å². The second kappa shape index (κ2) is 6.71. The van der Waals surface area contributed by atoms with Gasteiger partial charge >= 0.3 is 0 Å². The minimum Gasteiger partial charge on any atom is -0.484 e. The largest absolute Gasteiger partial charge is 0.484 e. The number of carbonyl (C=O) groups excluding carboxylic acids is 1. The van der Waals surface area contributed by atoms with E-state index in [1.807, 2.05) is 42.5 Å². The summed E-state index contributed by atoms with van der Waals surface area (Å²) in [4.78, 5) is 13.9. The van der Waals surface area contributed by atoms with Gasteiger partial charge in [0.25, 0.3) is 5.91 Å². The van der Waals surface area contributed by atoms with Crippen molar-refractivity contribution in [1.82, 2.24) is 0 Å². The van der Waals surface area contributed by atoms with Crippen LogP contribution in [0, 0.1) is 0 Å². The quantitative estimate of drug-likeness (QED) is 0.705. The number of ether oxygens (including phenoxy) is 1. The lowest BCUT2D eigenvalue weighted by molar-refractivity contribution is -0.120. The lowest BCUT2D eigenvalue weighted by Crippen LogP contribution is -2.31. The highest BCUT2D eigenvalue weighted by Gasteiger charge is 2.12. The van der Waals surface area contributed by atoms with E-state index in [1.165, 1.54) is 0 Å². The number of anilines is 1. The predicted octanol–water partition coefficient (Wildman–Crippen LogP) is 4.54. The van der Waals surface area contributed by atoms with E-state index < -0.39 is 0 Å². The van der Waals surface area contributed by atoms with Crippen LogP contribution in [-0.4, -0.2) is 19.6 Å². The predicted molar refractivity (Wildman–Crippen MR) is 94.3 cm³/mol. The molecule has 3 aromatic rings. The average Bonchev–Trinajstić information content (AvgIpc) is 2.58. The minimum atomic E-state index is -0.125. The summed E-state index contributed by atoms with van der Waals surface area (Å²) in [6, 6.07) is 21.0. The van der Waals surface area contributed by atoms with Crippen LogP contribution in [0.5, 0.6) is 5.75 Å². The van der Waals surface area contributed by atoms with Crippen LogP contribution in [0.25, 0.3) is 10.8 Å². The molecule has 1 amide bonds. The molecule has 3 nitrogen and oxygen atoms in total. The summed E-state index contributed by atoms with van der Waals surface area (Å²) in [5.41, 5.74) is 0.836. The van der Waals surface area contributed by atoms with Crippen molar-refractivity contribution >= 4 is 34.0 Å². The van der Waals surface area contributed by atoms with E-state index in [-0.39, 0.29) is 12.5 Å². The van der Waals surface area contributed by atoms with Crippen LogP contribution < -0.4 is 9.64 Å². The second-order valence-electron chi connectivity index (χ2n) is 5.23. The van der Waals surface area contributed by atoms with Gasteiger partial charge in [-0.15, -0.1) is 0 Å². The van der Waals surface area contributed by atoms with Crippen LogP contribution in [0.1, 0.15) is 0 Å². The number of fused-ring (bicyclic) bond motifs is 1. The molecule has 0 heterocycles. The SMILES string of the molecule is CN(C(=O)COc1cccc(Cl)c1)c1ccc2ccccc2c1. The van der Waals surface area contributed by atoms with E-state index in [4.69, 9.17) is 16.3 Å². The van der Waals surface area contributed by atoms with Crippen LogP contribution in [0.3, 0.4) is 0 Å². The van der Waals surface area contributed by atoms with Gasteiger partial charge in [0.1, 0.15) is 5.75 Å². The molecule has 3 aromatic carbocycles. The summed E-state index contributed by atoms with van der Waals surface area (Å²) >= 11 is 5.90. The highest BCUT2D eigenvalue weighted by atomic mass is 35.5. The molecule has 0 aliphatic heterocycles. The molecule has 0 unspecified atom stereocenters. The first-order chi connectivity index (χ1) is 11.1. The topological polar surface area (TPSA) is 29.5 Å².